The molecule has 1 fully saturated rings. The fourth-order valence-electron chi connectivity index (χ4n) is 2.23. The largest absolute Gasteiger partial charge is 0.367 e. The molecule has 1 aliphatic carbocycles. The van der Waals surface area contributed by atoms with Crippen LogP contribution in [-0.4, -0.2) is 5.54 Å². The highest BCUT2D eigenvalue weighted by Crippen LogP contribution is 2.31. The fraction of sp³-hybridized carbons (Fsp3) is 0.462. The van der Waals surface area contributed by atoms with Crippen LogP contribution in [0.1, 0.15) is 32.1 Å². The monoisotopic (exact) mass is 278 g/mol. The smallest absolute Gasteiger partial charge is 0.125 e. The minimum absolute atomic E-state index is 0.341. The summed E-state index contributed by atoms with van der Waals surface area (Å²) in [6.45, 7) is 0. The molecule has 2 rings (SSSR count). The first-order valence-electron chi connectivity index (χ1n) is 5.69. The van der Waals surface area contributed by atoms with Crippen molar-refractivity contribution in [1.82, 2.24) is 0 Å². The molecule has 0 spiro atoms. The van der Waals surface area contributed by atoms with Crippen molar-refractivity contribution in [3.63, 3.8) is 0 Å². The first-order chi connectivity index (χ1) is 7.74. The third-order valence-electron chi connectivity index (χ3n) is 3.15. The van der Waals surface area contributed by atoms with Gasteiger partial charge in [-0.05, 0) is 37.1 Å². The van der Waals surface area contributed by atoms with Crippen molar-refractivity contribution in [2.75, 3.05) is 5.32 Å². The first kappa shape index (κ1) is 11.5. The number of rotatable bonds is 2. The molecule has 1 aromatic carbocycles. The van der Waals surface area contributed by atoms with Gasteiger partial charge in [-0.15, -0.1) is 0 Å². The molecule has 0 heterocycles. The van der Waals surface area contributed by atoms with E-state index in [4.69, 9.17) is 0 Å². The van der Waals surface area contributed by atoms with Crippen LogP contribution in [0.25, 0.3) is 0 Å². The lowest BCUT2D eigenvalue weighted by Crippen LogP contribution is -2.38. The Hall–Kier alpha value is -1.01. The van der Waals surface area contributed by atoms with Crippen LogP contribution in [0.3, 0.4) is 0 Å². The van der Waals surface area contributed by atoms with Gasteiger partial charge < -0.3 is 5.32 Å². The minimum Gasteiger partial charge on any atom is -0.367 e. The lowest BCUT2D eigenvalue weighted by molar-refractivity contribution is 0.393. The van der Waals surface area contributed by atoms with Crippen molar-refractivity contribution < 1.29 is 0 Å². The molecule has 0 bridgehead atoms. The van der Waals surface area contributed by atoms with Gasteiger partial charge in [0.1, 0.15) is 5.54 Å². The number of hydrogen-bond donors (Lipinski definition) is 1. The van der Waals surface area contributed by atoms with Crippen molar-refractivity contribution in [2.45, 2.75) is 37.6 Å². The van der Waals surface area contributed by atoms with Crippen LogP contribution in [0.5, 0.6) is 0 Å². The lowest BCUT2D eigenvalue weighted by atomic mass is 9.82. The van der Waals surface area contributed by atoms with Crippen molar-refractivity contribution in [3.05, 3.63) is 28.7 Å². The second kappa shape index (κ2) is 4.88. The maximum atomic E-state index is 9.34. The van der Waals surface area contributed by atoms with Crippen molar-refractivity contribution in [1.29, 1.82) is 5.26 Å². The van der Waals surface area contributed by atoms with E-state index in [1.54, 1.807) is 0 Å². The molecule has 0 atom stereocenters. The number of nitrogens with one attached hydrogen (secondary N) is 1. The Labute approximate surface area is 105 Å². The minimum atomic E-state index is -0.341. The molecule has 0 unspecified atom stereocenters. The van der Waals surface area contributed by atoms with E-state index in [1.807, 2.05) is 24.3 Å². The average Bonchev–Trinajstić information content (AvgIpc) is 2.33. The second-order valence-corrected chi connectivity index (χ2v) is 5.30. The van der Waals surface area contributed by atoms with Gasteiger partial charge in [-0.3, -0.25) is 0 Å². The Morgan fingerprint density at radius 2 is 1.75 bits per heavy atom. The van der Waals surface area contributed by atoms with E-state index in [0.717, 1.165) is 35.8 Å². The Bertz CT molecular complexity index is 385. The molecular formula is C13H15BrN2. The van der Waals surface area contributed by atoms with Crippen LogP contribution in [-0.2, 0) is 0 Å². The normalized spacial score (nSPS) is 18.8. The summed E-state index contributed by atoms with van der Waals surface area (Å²) in [6.07, 6.45) is 5.47. The topological polar surface area (TPSA) is 35.8 Å². The highest BCUT2D eigenvalue weighted by atomic mass is 79.9. The van der Waals surface area contributed by atoms with Gasteiger partial charge in [-0.2, -0.15) is 5.26 Å². The average molecular weight is 279 g/mol. The summed E-state index contributed by atoms with van der Waals surface area (Å²) >= 11 is 3.41. The second-order valence-electron chi connectivity index (χ2n) is 4.39. The SMILES string of the molecule is N#CC1(Nc2ccc(Br)cc2)CCCCC1. The van der Waals surface area contributed by atoms with Crippen LogP contribution >= 0.6 is 15.9 Å². The molecule has 1 aromatic rings. The van der Waals surface area contributed by atoms with E-state index in [9.17, 15) is 5.26 Å². The third kappa shape index (κ3) is 2.56. The Kier molecular flexibility index (Phi) is 3.50. The zero-order valence-corrected chi connectivity index (χ0v) is 10.8. The Balaban J connectivity index is 2.12. The molecule has 1 N–H and O–H groups in total. The van der Waals surface area contributed by atoms with E-state index in [2.05, 4.69) is 27.3 Å². The molecule has 84 valence electrons. The molecule has 0 amide bonds. The standard InChI is InChI=1S/C13H15BrN2/c14-11-4-6-12(7-5-11)16-13(10-15)8-2-1-3-9-13/h4-7,16H,1-3,8-9H2. The van der Waals surface area contributed by atoms with Gasteiger partial charge in [0.2, 0.25) is 0 Å². The predicted octanol–water partition coefficient (Wildman–Crippen LogP) is 4.09. The molecule has 3 heteroatoms. The highest BCUT2D eigenvalue weighted by Gasteiger charge is 2.31. The molecule has 1 saturated carbocycles. The quantitative estimate of drug-likeness (QED) is 0.885. The van der Waals surface area contributed by atoms with Crippen molar-refractivity contribution >= 4 is 21.6 Å². The van der Waals surface area contributed by atoms with E-state index in [1.165, 1.54) is 6.42 Å². The number of nitrogens with zero attached hydrogens (tertiary/aromatic N) is 1. The fourth-order valence-corrected chi connectivity index (χ4v) is 2.49. The summed E-state index contributed by atoms with van der Waals surface area (Å²) in [7, 11) is 0. The van der Waals surface area contributed by atoms with Crippen LogP contribution in [0, 0.1) is 11.3 Å². The van der Waals surface area contributed by atoms with E-state index in [0.29, 0.717) is 0 Å². The van der Waals surface area contributed by atoms with Crippen molar-refractivity contribution in [2.24, 2.45) is 0 Å². The zero-order valence-electron chi connectivity index (χ0n) is 9.17. The number of halogens is 1. The first-order valence-corrected chi connectivity index (χ1v) is 6.48. The molecule has 2 nitrogen and oxygen atoms in total. The van der Waals surface area contributed by atoms with Gasteiger partial charge in [0.25, 0.3) is 0 Å². The summed E-state index contributed by atoms with van der Waals surface area (Å²) in [5, 5.41) is 12.7. The van der Waals surface area contributed by atoms with Gasteiger partial charge in [0.15, 0.2) is 0 Å². The highest BCUT2D eigenvalue weighted by molar-refractivity contribution is 9.10. The maximum absolute atomic E-state index is 9.34. The van der Waals surface area contributed by atoms with Crippen LogP contribution < -0.4 is 5.32 Å². The van der Waals surface area contributed by atoms with E-state index in [-0.39, 0.29) is 5.54 Å². The molecular weight excluding hydrogens is 264 g/mol. The van der Waals surface area contributed by atoms with Gasteiger partial charge >= 0.3 is 0 Å². The number of nitriles is 1. The van der Waals surface area contributed by atoms with Crippen LogP contribution in [0.2, 0.25) is 0 Å². The molecule has 0 aliphatic heterocycles. The third-order valence-corrected chi connectivity index (χ3v) is 3.68. The number of benzene rings is 1. The number of hydrogen-bond acceptors (Lipinski definition) is 2. The zero-order chi connectivity index (χ0) is 11.4. The molecule has 0 radical (unpaired) electrons. The lowest BCUT2D eigenvalue weighted by Gasteiger charge is -2.32. The van der Waals surface area contributed by atoms with E-state index < -0.39 is 0 Å². The summed E-state index contributed by atoms with van der Waals surface area (Å²) in [6, 6.07) is 10.5. The summed E-state index contributed by atoms with van der Waals surface area (Å²) < 4.78 is 1.06. The molecule has 16 heavy (non-hydrogen) atoms. The van der Waals surface area contributed by atoms with Gasteiger partial charge in [0.05, 0.1) is 6.07 Å². The summed E-state index contributed by atoms with van der Waals surface area (Å²) in [4.78, 5) is 0. The molecule has 0 saturated heterocycles. The summed E-state index contributed by atoms with van der Waals surface area (Å²) in [5.41, 5.74) is 0.693. The Morgan fingerprint density at radius 1 is 1.12 bits per heavy atom. The number of anilines is 1. The van der Waals surface area contributed by atoms with Crippen molar-refractivity contribution in [3.8, 4) is 6.07 Å². The molecule has 0 aromatic heterocycles. The Morgan fingerprint density at radius 3 is 2.31 bits per heavy atom. The maximum Gasteiger partial charge on any atom is 0.125 e. The summed E-state index contributed by atoms with van der Waals surface area (Å²) in [5.74, 6) is 0. The van der Waals surface area contributed by atoms with E-state index >= 15 is 0 Å². The van der Waals surface area contributed by atoms with Crippen LogP contribution in [0.15, 0.2) is 28.7 Å². The van der Waals surface area contributed by atoms with Crippen LogP contribution in [0.4, 0.5) is 5.69 Å². The predicted molar refractivity (Wildman–Crippen MR) is 69.2 cm³/mol. The molecule has 1 aliphatic rings. The van der Waals surface area contributed by atoms with Gasteiger partial charge in [-0.25, -0.2) is 0 Å². The van der Waals surface area contributed by atoms with Gasteiger partial charge in [0, 0.05) is 10.2 Å². The van der Waals surface area contributed by atoms with Gasteiger partial charge in [-0.1, -0.05) is 35.2 Å².